The second kappa shape index (κ2) is 8.01. The van der Waals surface area contributed by atoms with E-state index in [4.69, 9.17) is 5.26 Å². The summed E-state index contributed by atoms with van der Waals surface area (Å²) in [5.41, 5.74) is 0.905. The van der Waals surface area contributed by atoms with Crippen molar-refractivity contribution in [1.29, 1.82) is 5.26 Å². The van der Waals surface area contributed by atoms with Crippen molar-refractivity contribution in [2.75, 3.05) is 65.5 Å². The Balaban J connectivity index is 1.43. The fraction of sp³-hybridized carbons (Fsp3) is 0.421. The molecule has 2 aromatic rings. The maximum absolute atomic E-state index is 14.3. The molecule has 140 valence electrons. The second-order valence-corrected chi connectivity index (χ2v) is 7.81. The summed E-state index contributed by atoms with van der Waals surface area (Å²) < 4.78 is 14.3. The van der Waals surface area contributed by atoms with E-state index in [0.29, 0.717) is 24.3 Å². The number of benzene rings is 1. The highest BCUT2D eigenvalue weighted by Gasteiger charge is 2.22. The van der Waals surface area contributed by atoms with Crippen molar-refractivity contribution < 1.29 is 4.39 Å². The number of rotatable bonds is 3. The Kier molecular flexibility index (Phi) is 5.30. The molecule has 4 rings (SSSR count). The molecule has 1 aromatic heterocycles. The van der Waals surface area contributed by atoms with Crippen LogP contribution in [0.15, 0.2) is 30.6 Å². The van der Waals surface area contributed by atoms with Crippen LogP contribution in [0.2, 0.25) is 0 Å². The first-order valence-corrected chi connectivity index (χ1v) is 10.2. The number of hydrogen-bond acceptors (Lipinski definition) is 7. The molecule has 0 unspecified atom stereocenters. The maximum Gasteiger partial charge on any atom is 0.147 e. The first-order valence-electron chi connectivity index (χ1n) is 9.09. The fourth-order valence-electron chi connectivity index (χ4n) is 3.48. The number of nitrogens with zero attached hydrogens (tertiary/aromatic N) is 6. The van der Waals surface area contributed by atoms with Crippen LogP contribution in [0.3, 0.4) is 0 Å². The lowest BCUT2D eigenvalue weighted by Gasteiger charge is -2.37. The number of halogens is 1. The molecule has 3 heterocycles. The van der Waals surface area contributed by atoms with Gasteiger partial charge in [0.25, 0.3) is 0 Å². The zero-order chi connectivity index (χ0) is 18.6. The molecule has 0 N–H and O–H groups in total. The van der Waals surface area contributed by atoms with Crippen LogP contribution in [0.25, 0.3) is 0 Å². The normalized spacial score (nSPS) is 17.7. The van der Waals surface area contributed by atoms with Gasteiger partial charge in [-0.25, -0.2) is 14.4 Å². The Morgan fingerprint density at radius 1 is 0.889 bits per heavy atom. The van der Waals surface area contributed by atoms with Gasteiger partial charge in [-0.3, -0.25) is 0 Å². The molecule has 0 saturated carbocycles. The Labute approximate surface area is 162 Å². The van der Waals surface area contributed by atoms with E-state index in [0.717, 1.165) is 49.3 Å². The van der Waals surface area contributed by atoms with E-state index in [-0.39, 0.29) is 5.82 Å². The van der Waals surface area contributed by atoms with Crippen molar-refractivity contribution in [2.24, 2.45) is 0 Å². The lowest BCUT2D eigenvalue weighted by atomic mass is 10.2. The summed E-state index contributed by atoms with van der Waals surface area (Å²) in [6.07, 6.45) is 1.64. The number of thioether (sulfide) groups is 1. The van der Waals surface area contributed by atoms with Crippen LogP contribution in [0.4, 0.5) is 21.7 Å². The van der Waals surface area contributed by atoms with Gasteiger partial charge >= 0.3 is 0 Å². The van der Waals surface area contributed by atoms with Gasteiger partial charge in [0.05, 0.1) is 17.3 Å². The predicted molar refractivity (Wildman–Crippen MR) is 107 cm³/mol. The van der Waals surface area contributed by atoms with E-state index in [1.54, 1.807) is 18.5 Å². The minimum Gasteiger partial charge on any atom is -0.366 e. The molecule has 6 nitrogen and oxygen atoms in total. The molecule has 1 aromatic carbocycles. The van der Waals surface area contributed by atoms with Crippen LogP contribution in [-0.4, -0.2) is 60.7 Å². The van der Waals surface area contributed by atoms with E-state index in [2.05, 4.69) is 25.8 Å². The number of hydrogen-bond donors (Lipinski definition) is 0. The minimum absolute atomic E-state index is 0.338. The fourth-order valence-corrected chi connectivity index (χ4v) is 4.39. The molecule has 2 saturated heterocycles. The van der Waals surface area contributed by atoms with Crippen molar-refractivity contribution >= 4 is 29.1 Å². The third-order valence-electron chi connectivity index (χ3n) is 4.99. The highest BCUT2D eigenvalue weighted by atomic mass is 32.2. The molecule has 0 bridgehead atoms. The van der Waals surface area contributed by atoms with Crippen LogP contribution in [0.1, 0.15) is 5.56 Å². The first kappa shape index (κ1) is 17.9. The standard InChI is InChI=1S/C19H21FN6S/c20-16-11-15(13-21)1-2-17(16)24-3-5-25(6-4-24)18-12-19(23-14-22-18)26-7-9-27-10-8-26/h1-2,11-12,14H,3-10H2. The molecule has 27 heavy (non-hydrogen) atoms. The van der Waals surface area contributed by atoms with E-state index in [1.807, 2.05) is 22.7 Å². The van der Waals surface area contributed by atoms with Gasteiger partial charge in [-0.1, -0.05) is 0 Å². The summed E-state index contributed by atoms with van der Waals surface area (Å²) in [7, 11) is 0. The lowest BCUT2D eigenvalue weighted by molar-refractivity contribution is 0.595. The smallest absolute Gasteiger partial charge is 0.147 e. The molecule has 0 radical (unpaired) electrons. The van der Waals surface area contributed by atoms with Crippen LogP contribution in [0.5, 0.6) is 0 Å². The van der Waals surface area contributed by atoms with Gasteiger partial charge in [-0.15, -0.1) is 0 Å². The topological polar surface area (TPSA) is 59.3 Å². The summed E-state index contributed by atoms with van der Waals surface area (Å²) >= 11 is 1.98. The summed E-state index contributed by atoms with van der Waals surface area (Å²) in [6.45, 7) is 5.00. The average molecular weight is 384 g/mol. The molecular weight excluding hydrogens is 363 g/mol. The van der Waals surface area contributed by atoms with Crippen molar-refractivity contribution in [3.05, 3.63) is 42.0 Å². The number of nitriles is 1. The highest BCUT2D eigenvalue weighted by molar-refractivity contribution is 7.99. The first-order chi connectivity index (χ1) is 13.2. The van der Waals surface area contributed by atoms with Gasteiger partial charge < -0.3 is 14.7 Å². The zero-order valence-electron chi connectivity index (χ0n) is 15.0. The van der Waals surface area contributed by atoms with Gasteiger partial charge in [0, 0.05) is 56.8 Å². The minimum atomic E-state index is -0.338. The summed E-state index contributed by atoms with van der Waals surface area (Å²) in [4.78, 5) is 15.4. The third kappa shape index (κ3) is 3.93. The van der Waals surface area contributed by atoms with Crippen LogP contribution in [-0.2, 0) is 0 Å². The SMILES string of the molecule is N#Cc1ccc(N2CCN(c3cc(N4CCSCC4)ncn3)CC2)c(F)c1. The second-order valence-electron chi connectivity index (χ2n) is 6.59. The molecule has 8 heteroatoms. The molecule has 2 fully saturated rings. The Hall–Kier alpha value is -2.53. The summed E-state index contributed by atoms with van der Waals surface area (Å²) in [5, 5.41) is 8.89. The third-order valence-corrected chi connectivity index (χ3v) is 5.94. The van der Waals surface area contributed by atoms with Crippen molar-refractivity contribution in [3.8, 4) is 6.07 Å². The number of piperazine rings is 1. The molecular formula is C19H21FN6S. The van der Waals surface area contributed by atoms with Gasteiger partial charge in [0.1, 0.15) is 23.8 Å². The van der Waals surface area contributed by atoms with E-state index < -0.39 is 0 Å². The molecule has 2 aliphatic rings. The summed E-state index contributed by atoms with van der Waals surface area (Å²) in [5.74, 6) is 3.84. The molecule has 0 atom stereocenters. The maximum atomic E-state index is 14.3. The molecule has 0 aliphatic carbocycles. The van der Waals surface area contributed by atoms with Crippen molar-refractivity contribution in [2.45, 2.75) is 0 Å². The van der Waals surface area contributed by atoms with Crippen molar-refractivity contribution in [3.63, 3.8) is 0 Å². The Morgan fingerprint density at radius 3 is 2.15 bits per heavy atom. The lowest BCUT2D eigenvalue weighted by Crippen LogP contribution is -2.47. The largest absolute Gasteiger partial charge is 0.366 e. The Bertz CT molecular complexity index is 840. The van der Waals surface area contributed by atoms with E-state index in [9.17, 15) is 4.39 Å². The van der Waals surface area contributed by atoms with Crippen LogP contribution in [0, 0.1) is 17.1 Å². The highest BCUT2D eigenvalue weighted by Crippen LogP contribution is 2.25. The van der Waals surface area contributed by atoms with Gasteiger partial charge in [-0.2, -0.15) is 17.0 Å². The molecule has 2 aliphatic heterocycles. The number of anilines is 3. The average Bonchev–Trinajstić information content (AvgIpc) is 2.74. The predicted octanol–water partition coefficient (Wildman–Crippen LogP) is 2.37. The van der Waals surface area contributed by atoms with Gasteiger partial charge in [0.15, 0.2) is 0 Å². The number of aromatic nitrogens is 2. The van der Waals surface area contributed by atoms with E-state index >= 15 is 0 Å². The van der Waals surface area contributed by atoms with E-state index in [1.165, 1.54) is 6.07 Å². The quantitative estimate of drug-likeness (QED) is 0.805. The van der Waals surface area contributed by atoms with Crippen molar-refractivity contribution in [1.82, 2.24) is 9.97 Å². The Morgan fingerprint density at radius 2 is 1.52 bits per heavy atom. The molecule has 0 spiro atoms. The van der Waals surface area contributed by atoms with Gasteiger partial charge in [-0.05, 0) is 18.2 Å². The van der Waals surface area contributed by atoms with Crippen LogP contribution < -0.4 is 14.7 Å². The van der Waals surface area contributed by atoms with Crippen LogP contribution >= 0.6 is 11.8 Å². The monoisotopic (exact) mass is 384 g/mol. The molecule has 0 amide bonds. The zero-order valence-corrected chi connectivity index (χ0v) is 15.8. The summed E-state index contributed by atoms with van der Waals surface area (Å²) in [6, 6.07) is 8.70. The van der Waals surface area contributed by atoms with Gasteiger partial charge in [0.2, 0.25) is 0 Å².